The largest absolute Gasteiger partial charge is 0.366 e. The van der Waals surface area contributed by atoms with Crippen molar-refractivity contribution in [3.05, 3.63) is 58.9 Å². The number of fused-ring (bicyclic) bond motifs is 1. The Labute approximate surface area is 129 Å². The molecular formula is C15H16ClN3S. The summed E-state index contributed by atoms with van der Waals surface area (Å²) >= 11 is 11.5. The first-order valence-corrected chi connectivity index (χ1v) is 7.38. The van der Waals surface area contributed by atoms with Crippen molar-refractivity contribution >= 4 is 28.9 Å². The zero-order valence-corrected chi connectivity index (χ0v) is 12.8. The summed E-state index contributed by atoms with van der Waals surface area (Å²) in [5, 5.41) is 4.62. The number of halogens is 1. The van der Waals surface area contributed by atoms with Crippen molar-refractivity contribution in [1.29, 1.82) is 0 Å². The number of hydrogen-bond acceptors (Lipinski definition) is 1. The molecule has 20 heavy (non-hydrogen) atoms. The molecule has 0 saturated heterocycles. The molecular weight excluding hydrogens is 290 g/mol. The Morgan fingerprint density at radius 2 is 2.00 bits per heavy atom. The van der Waals surface area contributed by atoms with E-state index >= 15 is 0 Å². The summed E-state index contributed by atoms with van der Waals surface area (Å²) in [4.78, 5) is 2.23. The first-order chi connectivity index (χ1) is 9.70. The molecule has 0 aliphatic carbocycles. The monoisotopic (exact) mass is 305 g/mol. The first-order valence-electron chi connectivity index (χ1n) is 6.59. The molecule has 1 aliphatic heterocycles. The molecule has 1 aromatic carbocycles. The van der Waals surface area contributed by atoms with Crippen molar-refractivity contribution in [1.82, 2.24) is 14.8 Å². The van der Waals surface area contributed by atoms with Crippen LogP contribution in [0.2, 0.25) is 5.02 Å². The fourth-order valence-electron chi connectivity index (χ4n) is 2.74. The Morgan fingerprint density at radius 1 is 1.25 bits per heavy atom. The van der Waals surface area contributed by atoms with E-state index in [1.54, 1.807) is 0 Å². The Kier molecular flexibility index (Phi) is 3.68. The Morgan fingerprint density at radius 3 is 2.70 bits per heavy atom. The lowest BCUT2D eigenvalue weighted by Gasteiger charge is -2.38. The quantitative estimate of drug-likeness (QED) is 0.818. The van der Waals surface area contributed by atoms with E-state index in [0.29, 0.717) is 0 Å². The minimum atomic E-state index is 0.135. The summed E-state index contributed by atoms with van der Waals surface area (Å²) in [7, 11) is 1.87. The van der Waals surface area contributed by atoms with Crippen molar-refractivity contribution in [2.24, 2.45) is 0 Å². The molecule has 0 fully saturated rings. The van der Waals surface area contributed by atoms with Crippen LogP contribution in [0.25, 0.3) is 0 Å². The summed E-state index contributed by atoms with van der Waals surface area (Å²) in [6.07, 6.45) is 2.12. The SMILES string of the molecule is CNC(=S)N1CCn2cccc2C1c1ccc(Cl)cc1. The van der Waals surface area contributed by atoms with Crippen LogP contribution in [0.15, 0.2) is 42.6 Å². The van der Waals surface area contributed by atoms with Gasteiger partial charge in [-0.1, -0.05) is 23.7 Å². The molecule has 1 unspecified atom stereocenters. The molecule has 5 heteroatoms. The topological polar surface area (TPSA) is 20.2 Å². The van der Waals surface area contributed by atoms with Crippen molar-refractivity contribution in [2.75, 3.05) is 13.6 Å². The van der Waals surface area contributed by atoms with Gasteiger partial charge in [-0.2, -0.15) is 0 Å². The summed E-state index contributed by atoms with van der Waals surface area (Å²) in [5.74, 6) is 0. The van der Waals surface area contributed by atoms with Gasteiger partial charge in [0.25, 0.3) is 0 Å². The number of benzene rings is 1. The van der Waals surface area contributed by atoms with E-state index in [1.165, 1.54) is 11.3 Å². The van der Waals surface area contributed by atoms with Crippen LogP contribution in [-0.4, -0.2) is 28.2 Å². The van der Waals surface area contributed by atoms with Crippen LogP contribution in [0.5, 0.6) is 0 Å². The molecule has 0 radical (unpaired) electrons. The van der Waals surface area contributed by atoms with Crippen LogP contribution < -0.4 is 5.32 Å². The highest BCUT2D eigenvalue weighted by Crippen LogP contribution is 2.32. The molecule has 0 spiro atoms. The van der Waals surface area contributed by atoms with Crippen LogP contribution in [-0.2, 0) is 6.54 Å². The summed E-state index contributed by atoms with van der Waals surface area (Å²) in [6, 6.07) is 12.4. The number of aromatic nitrogens is 1. The lowest BCUT2D eigenvalue weighted by Crippen LogP contribution is -2.46. The van der Waals surface area contributed by atoms with Gasteiger partial charge in [-0.25, -0.2) is 0 Å². The van der Waals surface area contributed by atoms with E-state index in [1.807, 2.05) is 19.2 Å². The number of rotatable bonds is 1. The maximum absolute atomic E-state index is 6.00. The molecule has 1 aromatic heterocycles. The van der Waals surface area contributed by atoms with Gasteiger partial charge in [0.05, 0.1) is 6.04 Å². The van der Waals surface area contributed by atoms with Gasteiger partial charge in [0.15, 0.2) is 5.11 Å². The second kappa shape index (κ2) is 5.46. The van der Waals surface area contributed by atoms with E-state index in [2.05, 4.69) is 45.2 Å². The second-order valence-electron chi connectivity index (χ2n) is 4.83. The zero-order chi connectivity index (χ0) is 14.1. The zero-order valence-electron chi connectivity index (χ0n) is 11.2. The van der Waals surface area contributed by atoms with Crippen molar-refractivity contribution in [2.45, 2.75) is 12.6 Å². The summed E-state index contributed by atoms with van der Waals surface area (Å²) in [5.41, 5.74) is 2.46. The van der Waals surface area contributed by atoms with Crippen molar-refractivity contribution in [3.8, 4) is 0 Å². The third-order valence-corrected chi connectivity index (χ3v) is 4.39. The third kappa shape index (κ3) is 2.30. The van der Waals surface area contributed by atoms with Gasteiger partial charge in [0.1, 0.15) is 0 Å². The average Bonchev–Trinajstić information content (AvgIpc) is 2.95. The van der Waals surface area contributed by atoms with Gasteiger partial charge in [-0.3, -0.25) is 0 Å². The molecule has 0 bridgehead atoms. The molecule has 3 nitrogen and oxygen atoms in total. The second-order valence-corrected chi connectivity index (χ2v) is 5.65. The van der Waals surface area contributed by atoms with E-state index in [9.17, 15) is 0 Å². The van der Waals surface area contributed by atoms with Crippen molar-refractivity contribution < 1.29 is 0 Å². The minimum Gasteiger partial charge on any atom is -0.366 e. The lowest BCUT2D eigenvalue weighted by atomic mass is 10.0. The van der Waals surface area contributed by atoms with E-state index in [-0.39, 0.29) is 6.04 Å². The fourth-order valence-corrected chi connectivity index (χ4v) is 3.06. The summed E-state index contributed by atoms with van der Waals surface area (Å²) in [6.45, 7) is 1.85. The van der Waals surface area contributed by atoms with Crippen LogP contribution in [0, 0.1) is 0 Å². The molecule has 3 rings (SSSR count). The average molecular weight is 306 g/mol. The molecule has 104 valence electrons. The number of nitrogens with zero attached hydrogens (tertiary/aromatic N) is 2. The maximum Gasteiger partial charge on any atom is 0.169 e. The Balaban J connectivity index is 2.06. The van der Waals surface area contributed by atoms with Gasteiger partial charge in [-0.15, -0.1) is 0 Å². The Hall–Kier alpha value is -1.52. The van der Waals surface area contributed by atoms with Crippen LogP contribution in [0.4, 0.5) is 0 Å². The van der Waals surface area contributed by atoms with Gasteiger partial charge < -0.3 is 14.8 Å². The highest BCUT2D eigenvalue weighted by Gasteiger charge is 2.29. The van der Waals surface area contributed by atoms with Gasteiger partial charge >= 0.3 is 0 Å². The lowest BCUT2D eigenvalue weighted by molar-refractivity contribution is 0.287. The van der Waals surface area contributed by atoms with Gasteiger partial charge in [-0.05, 0) is 42.0 Å². The molecule has 0 saturated carbocycles. The molecule has 2 heterocycles. The Bertz CT molecular complexity index is 620. The first kappa shape index (κ1) is 13.5. The fraction of sp³-hybridized carbons (Fsp3) is 0.267. The highest BCUT2D eigenvalue weighted by molar-refractivity contribution is 7.80. The predicted molar refractivity (Wildman–Crippen MR) is 86.1 cm³/mol. The van der Waals surface area contributed by atoms with Crippen LogP contribution in [0.1, 0.15) is 17.3 Å². The highest BCUT2D eigenvalue weighted by atomic mass is 35.5. The van der Waals surface area contributed by atoms with E-state index in [0.717, 1.165) is 23.2 Å². The molecule has 2 aromatic rings. The maximum atomic E-state index is 6.00. The minimum absolute atomic E-state index is 0.135. The molecule has 1 N–H and O–H groups in total. The summed E-state index contributed by atoms with van der Waals surface area (Å²) < 4.78 is 2.29. The van der Waals surface area contributed by atoms with Crippen LogP contribution >= 0.6 is 23.8 Å². The number of hydrogen-bond donors (Lipinski definition) is 1. The van der Waals surface area contributed by atoms with Crippen molar-refractivity contribution in [3.63, 3.8) is 0 Å². The van der Waals surface area contributed by atoms with E-state index < -0.39 is 0 Å². The molecule has 0 amide bonds. The predicted octanol–water partition coefficient (Wildman–Crippen LogP) is 3.05. The normalized spacial score (nSPS) is 17.7. The molecule has 1 atom stereocenters. The number of thiocarbonyl (C=S) groups is 1. The smallest absolute Gasteiger partial charge is 0.169 e. The van der Waals surface area contributed by atoms with E-state index in [4.69, 9.17) is 23.8 Å². The van der Waals surface area contributed by atoms with Crippen LogP contribution in [0.3, 0.4) is 0 Å². The van der Waals surface area contributed by atoms with Gasteiger partial charge in [0, 0.05) is 37.1 Å². The molecule has 1 aliphatic rings. The third-order valence-electron chi connectivity index (χ3n) is 3.70. The standard InChI is InChI=1S/C15H16ClN3S/c1-17-15(20)19-10-9-18-8-2-3-13(18)14(19)11-4-6-12(16)7-5-11/h2-8,14H,9-10H2,1H3,(H,17,20). The number of nitrogens with one attached hydrogen (secondary N) is 1. The van der Waals surface area contributed by atoms with Gasteiger partial charge in [0.2, 0.25) is 0 Å².